The van der Waals surface area contributed by atoms with E-state index in [4.69, 9.17) is 4.52 Å². The van der Waals surface area contributed by atoms with Crippen LogP contribution in [0.5, 0.6) is 5.75 Å². The second-order valence-electron chi connectivity index (χ2n) is 6.55. The highest BCUT2D eigenvalue weighted by Gasteiger charge is 2.19. The molecule has 124 valence electrons. The number of nitrogens with one attached hydrogen (secondary N) is 1. The monoisotopic (exact) mass is 331 g/mol. The predicted molar refractivity (Wildman–Crippen MR) is 99.0 cm³/mol. The molecule has 0 aliphatic heterocycles. The van der Waals surface area contributed by atoms with Crippen molar-refractivity contribution in [2.45, 2.75) is 40.5 Å². The Morgan fingerprint density at radius 2 is 1.52 bits per heavy atom. The van der Waals surface area contributed by atoms with Crippen LogP contribution >= 0.6 is 7.52 Å². The summed E-state index contributed by atoms with van der Waals surface area (Å²) in [7, 11) is -2.99. The van der Waals surface area contributed by atoms with Gasteiger partial charge in [-0.1, -0.05) is 43.7 Å². The van der Waals surface area contributed by atoms with E-state index in [1.165, 1.54) is 11.1 Å². The lowest BCUT2D eigenvalue weighted by Crippen LogP contribution is -2.05. The van der Waals surface area contributed by atoms with E-state index in [2.05, 4.69) is 38.0 Å². The van der Waals surface area contributed by atoms with Crippen LogP contribution in [-0.2, 0) is 4.57 Å². The van der Waals surface area contributed by atoms with Crippen LogP contribution in [0.1, 0.15) is 42.0 Å². The fourth-order valence-corrected chi connectivity index (χ4v) is 4.03. The zero-order valence-electron chi connectivity index (χ0n) is 14.8. The Balaban J connectivity index is 2.18. The Labute approximate surface area is 139 Å². The first-order valence-corrected chi connectivity index (χ1v) is 9.98. The molecule has 2 aromatic rings. The number of rotatable bonds is 5. The van der Waals surface area contributed by atoms with Crippen LogP contribution in [0.3, 0.4) is 0 Å². The summed E-state index contributed by atoms with van der Waals surface area (Å²) in [5.41, 5.74) is 5.47. The molecule has 2 aromatic carbocycles. The van der Waals surface area contributed by atoms with Gasteiger partial charge in [0.25, 0.3) is 0 Å². The van der Waals surface area contributed by atoms with Crippen molar-refractivity contribution in [3.63, 3.8) is 0 Å². The molecule has 0 bridgehead atoms. The summed E-state index contributed by atoms with van der Waals surface area (Å²) >= 11 is 0. The summed E-state index contributed by atoms with van der Waals surface area (Å²) in [6.45, 7) is 12.0. The third-order valence-corrected chi connectivity index (χ3v) is 5.01. The predicted octanol–water partition coefficient (Wildman–Crippen LogP) is 6.05. The number of anilines is 1. The van der Waals surface area contributed by atoms with Gasteiger partial charge < -0.3 is 9.61 Å². The molecule has 0 unspecified atom stereocenters. The van der Waals surface area contributed by atoms with E-state index < -0.39 is 7.52 Å². The third kappa shape index (κ3) is 4.62. The van der Waals surface area contributed by atoms with Crippen LogP contribution in [0.25, 0.3) is 0 Å². The zero-order chi connectivity index (χ0) is 17.2. The van der Waals surface area contributed by atoms with Crippen molar-refractivity contribution in [1.82, 2.24) is 0 Å². The minimum atomic E-state index is -2.99. The van der Waals surface area contributed by atoms with Crippen molar-refractivity contribution in [1.29, 1.82) is 0 Å². The minimum absolute atomic E-state index is 0.466. The van der Waals surface area contributed by atoms with E-state index in [1.807, 2.05) is 38.1 Å². The smallest absolute Gasteiger partial charge is 0.338 e. The van der Waals surface area contributed by atoms with Gasteiger partial charge in [0.1, 0.15) is 5.75 Å². The van der Waals surface area contributed by atoms with Crippen LogP contribution in [0.4, 0.5) is 5.69 Å². The normalized spacial score (nSPS) is 13.7. The second kappa shape index (κ2) is 6.80. The highest BCUT2D eigenvalue weighted by atomic mass is 31.2. The Hall–Kier alpha value is -1.73. The first kappa shape index (κ1) is 17.6. The van der Waals surface area contributed by atoms with E-state index in [0.717, 1.165) is 16.8 Å². The summed E-state index contributed by atoms with van der Waals surface area (Å²) < 4.78 is 18.6. The molecule has 1 N–H and O–H groups in total. The molecule has 0 aliphatic rings. The highest BCUT2D eigenvalue weighted by molar-refractivity contribution is 7.60. The molecule has 0 radical (unpaired) electrons. The lowest BCUT2D eigenvalue weighted by atomic mass is 10.0. The van der Waals surface area contributed by atoms with Crippen LogP contribution in [0.15, 0.2) is 36.4 Å². The molecule has 0 saturated carbocycles. The van der Waals surface area contributed by atoms with Gasteiger partial charge >= 0.3 is 7.52 Å². The van der Waals surface area contributed by atoms with Gasteiger partial charge in [0.2, 0.25) is 0 Å². The van der Waals surface area contributed by atoms with Gasteiger partial charge in [-0.2, -0.15) is 0 Å². The molecule has 1 atom stereocenters. The van der Waals surface area contributed by atoms with E-state index in [-0.39, 0.29) is 0 Å². The van der Waals surface area contributed by atoms with Crippen molar-refractivity contribution in [3.8, 4) is 5.75 Å². The Morgan fingerprint density at radius 3 is 2.00 bits per heavy atom. The topological polar surface area (TPSA) is 38.3 Å². The fourth-order valence-electron chi connectivity index (χ4n) is 2.70. The van der Waals surface area contributed by atoms with Gasteiger partial charge in [0, 0.05) is 12.4 Å². The maximum atomic E-state index is 12.8. The SMILES string of the molecule is Cc1cc(C)c(N[P@@](C)(=O)Oc2ccc(C(C)C)cc2)c(C)c1. The van der Waals surface area contributed by atoms with E-state index in [0.29, 0.717) is 11.7 Å². The summed E-state index contributed by atoms with van der Waals surface area (Å²) in [5.74, 6) is 1.09. The molecule has 0 saturated heterocycles. The highest BCUT2D eigenvalue weighted by Crippen LogP contribution is 2.45. The zero-order valence-corrected chi connectivity index (χ0v) is 15.7. The maximum absolute atomic E-state index is 12.8. The Kier molecular flexibility index (Phi) is 5.21. The molecule has 4 heteroatoms. The van der Waals surface area contributed by atoms with Gasteiger partial charge in [-0.25, -0.2) is 0 Å². The summed E-state index contributed by atoms with van der Waals surface area (Å²) in [5, 5.41) is 3.10. The van der Waals surface area contributed by atoms with Crippen LogP contribution < -0.4 is 9.61 Å². The van der Waals surface area contributed by atoms with Crippen molar-refractivity contribution >= 4 is 13.2 Å². The summed E-state index contributed by atoms with van der Waals surface area (Å²) in [6.07, 6.45) is 0. The summed E-state index contributed by atoms with van der Waals surface area (Å²) in [4.78, 5) is 0. The molecule has 0 spiro atoms. The summed E-state index contributed by atoms with van der Waals surface area (Å²) in [6, 6.07) is 11.9. The largest absolute Gasteiger partial charge is 0.429 e. The molecule has 0 amide bonds. The van der Waals surface area contributed by atoms with Crippen molar-refractivity contribution in [2.24, 2.45) is 0 Å². The van der Waals surface area contributed by atoms with Gasteiger partial charge in [-0.3, -0.25) is 4.57 Å². The quantitative estimate of drug-likeness (QED) is 0.678. The lowest BCUT2D eigenvalue weighted by Gasteiger charge is -2.21. The molecular formula is C19H26NO2P. The number of hydrogen-bond acceptors (Lipinski definition) is 2. The number of aryl methyl sites for hydroxylation is 3. The van der Waals surface area contributed by atoms with Crippen molar-refractivity contribution in [3.05, 3.63) is 58.7 Å². The molecule has 3 nitrogen and oxygen atoms in total. The van der Waals surface area contributed by atoms with Gasteiger partial charge in [0.05, 0.1) is 0 Å². The number of hydrogen-bond donors (Lipinski definition) is 1. The molecule has 0 fully saturated rings. The average Bonchev–Trinajstić information content (AvgIpc) is 2.43. The van der Waals surface area contributed by atoms with Crippen molar-refractivity contribution < 1.29 is 9.09 Å². The molecule has 2 rings (SSSR count). The molecule has 23 heavy (non-hydrogen) atoms. The first-order valence-electron chi connectivity index (χ1n) is 7.91. The molecule has 0 aliphatic carbocycles. The first-order chi connectivity index (χ1) is 10.7. The fraction of sp³-hybridized carbons (Fsp3) is 0.368. The van der Waals surface area contributed by atoms with E-state index in [9.17, 15) is 4.57 Å². The molecule has 0 aromatic heterocycles. The van der Waals surface area contributed by atoms with Crippen molar-refractivity contribution in [2.75, 3.05) is 11.8 Å². The standard InChI is InChI=1S/C19H26NO2P/c1-13(2)17-7-9-18(10-8-17)22-23(6,21)20-19-15(4)11-14(3)12-16(19)5/h7-13H,1-6H3,(H,20,21)/t23-/m0/s1. The minimum Gasteiger partial charge on any atom is -0.429 e. The lowest BCUT2D eigenvalue weighted by molar-refractivity contribution is 0.493. The Bertz CT molecular complexity index is 713. The maximum Gasteiger partial charge on any atom is 0.338 e. The number of benzene rings is 2. The van der Waals surface area contributed by atoms with Crippen LogP contribution in [-0.4, -0.2) is 6.66 Å². The van der Waals surface area contributed by atoms with E-state index >= 15 is 0 Å². The second-order valence-corrected chi connectivity index (χ2v) is 8.64. The van der Waals surface area contributed by atoms with E-state index in [1.54, 1.807) is 6.66 Å². The molecule has 0 heterocycles. The van der Waals surface area contributed by atoms with Gasteiger partial charge in [-0.15, -0.1) is 0 Å². The van der Waals surface area contributed by atoms with Crippen LogP contribution in [0.2, 0.25) is 0 Å². The third-order valence-electron chi connectivity index (χ3n) is 3.82. The van der Waals surface area contributed by atoms with Gasteiger partial charge in [0.15, 0.2) is 0 Å². The Morgan fingerprint density at radius 1 is 1.00 bits per heavy atom. The average molecular weight is 331 g/mol. The van der Waals surface area contributed by atoms with Gasteiger partial charge in [-0.05, 0) is 55.5 Å². The van der Waals surface area contributed by atoms with Crippen LogP contribution in [0, 0.1) is 20.8 Å². The molecular weight excluding hydrogens is 305 g/mol.